The van der Waals surface area contributed by atoms with Crippen LogP contribution < -0.4 is 5.32 Å². The maximum Gasteiger partial charge on any atom is 0.495 e. The van der Waals surface area contributed by atoms with E-state index in [0.717, 1.165) is 0 Å². The summed E-state index contributed by atoms with van der Waals surface area (Å²) in [6, 6.07) is 0.187. The van der Waals surface area contributed by atoms with Crippen LogP contribution in [0, 0.1) is 0 Å². The number of alkyl halides is 1. The SMILES string of the molecule is CO[Si](O)(O)CCCNC(=O)C(C)(C)Br. The van der Waals surface area contributed by atoms with Crippen molar-refractivity contribution in [3.63, 3.8) is 0 Å². The van der Waals surface area contributed by atoms with Crippen molar-refractivity contribution in [3.8, 4) is 0 Å². The highest BCUT2D eigenvalue weighted by Crippen LogP contribution is 2.15. The average molecular weight is 300 g/mol. The molecule has 0 aliphatic heterocycles. The summed E-state index contributed by atoms with van der Waals surface area (Å²) >= 11 is 3.22. The highest BCUT2D eigenvalue weighted by molar-refractivity contribution is 9.10. The molecule has 0 saturated carbocycles. The number of nitrogens with one attached hydrogen (secondary N) is 1. The van der Waals surface area contributed by atoms with Gasteiger partial charge in [-0.1, -0.05) is 15.9 Å². The zero-order chi connectivity index (χ0) is 12.1. The van der Waals surface area contributed by atoms with Crippen molar-refractivity contribution in [2.45, 2.75) is 30.6 Å². The summed E-state index contributed by atoms with van der Waals surface area (Å²) in [5.74, 6) is -0.122. The quantitative estimate of drug-likeness (QED) is 0.373. The zero-order valence-electron chi connectivity index (χ0n) is 9.21. The lowest BCUT2D eigenvalue weighted by Gasteiger charge is -2.17. The van der Waals surface area contributed by atoms with Crippen LogP contribution in [0.25, 0.3) is 0 Å². The zero-order valence-corrected chi connectivity index (χ0v) is 11.8. The Bertz CT molecular complexity index is 217. The molecular weight excluding hydrogens is 282 g/mol. The van der Waals surface area contributed by atoms with Crippen molar-refractivity contribution >= 4 is 30.6 Å². The molecule has 0 radical (unpaired) electrons. The van der Waals surface area contributed by atoms with Gasteiger partial charge in [-0.2, -0.15) is 0 Å². The number of amides is 1. The Morgan fingerprint density at radius 2 is 2.07 bits per heavy atom. The van der Waals surface area contributed by atoms with E-state index in [-0.39, 0.29) is 12.0 Å². The van der Waals surface area contributed by atoms with Crippen LogP contribution in [-0.4, -0.2) is 42.3 Å². The normalized spacial score (nSPS) is 12.7. The van der Waals surface area contributed by atoms with Gasteiger partial charge in [0.25, 0.3) is 0 Å². The molecular formula is C8H18BrNO4Si. The maximum atomic E-state index is 11.4. The third-order valence-electron chi connectivity index (χ3n) is 1.83. The predicted molar refractivity (Wildman–Crippen MR) is 62.6 cm³/mol. The first kappa shape index (κ1) is 15.0. The van der Waals surface area contributed by atoms with Crippen molar-refractivity contribution in [2.24, 2.45) is 0 Å². The molecule has 5 nitrogen and oxygen atoms in total. The Hall–Kier alpha value is 0.0469. The minimum absolute atomic E-state index is 0.122. The molecule has 7 heteroatoms. The number of carbonyl (C=O) groups excluding carboxylic acids is 1. The van der Waals surface area contributed by atoms with Gasteiger partial charge in [-0.25, -0.2) is 0 Å². The minimum Gasteiger partial charge on any atom is -0.390 e. The maximum absolute atomic E-state index is 11.4. The van der Waals surface area contributed by atoms with Gasteiger partial charge in [0, 0.05) is 19.7 Å². The van der Waals surface area contributed by atoms with E-state index in [2.05, 4.69) is 25.7 Å². The van der Waals surface area contributed by atoms with Crippen molar-refractivity contribution < 1.29 is 18.8 Å². The second-order valence-electron chi connectivity index (χ2n) is 3.78. The molecule has 0 bridgehead atoms. The molecule has 0 unspecified atom stereocenters. The Kier molecular flexibility index (Phi) is 5.97. The highest BCUT2D eigenvalue weighted by atomic mass is 79.9. The van der Waals surface area contributed by atoms with Crippen LogP contribution in [0.15, 0.2) is 0 Å². The highest BCUT2D eigenvalue weighted by Gasteiger charge is 2.30. The summed E-state index contributed by atoms with van der Waals surface area (Å²) < 4.78 is 3.94. The lowest BCUT2D eigenvalue weighted by Crippen LogP contribution is -2.40. The van der Waals surface area contributed by atoms with Crippen molar-refractivity contribution in [1.82, 2.24) is 5.32 Å². The molecule has 0 aliphatic rings. The predicted octanol–water partition coefficient (Wildman–Crippen LogP) is 0.236. The molecule has 0 aromatic carbocycles. The van der Waals surface area contributed by atoms with E-state index in [1.54, 1.807) is 13.8 Å². The van der Waals surface area contributed by atoms with Gasteiger partial charge in [-0.3, -0.25) is 4.79 Å². The second kappa shape index (κ2) is 5.95. The summed E-state index contributed by atoms with van der Waals surface area (Å²) in [7, 11) is -2.19. The molecule has 0 fully saturated rings. The molecule has 0 saturated heterocycles. The van der Waals surface area contributed by atoms with Gasteiger partial charge in [0.1, 0.15) is 0 Å². The van der Waals surface area contributed by atoms with Crippen LogP contribution in [0.2, 0.25) is 6.04 Å². The van der Waals surface area contributed by atoms with Crippen molar-refractivity contribution in [1.29, 1.82) is 0 Å². The third kappa shape index (κ3) is 7.02. The van der Waals surface area contributed by atoms with Gasteiger partial charge in [0.05, 0.1) is 4.32 Å². The van der Waals surface area contributed by atoms with Crippen LogP contribution in [-0.2, 0) is 9.22 Å². The van der Waals surface area contributed by atoms with Gasteiger partial charge in [0.15, 0.2) is 0 Å². The first-order chi connectivity index (χ1) is 6.69. The van der Waals surface area contributed by atoms with Crippen LogP contribution in [0.5, 0.6) is 0 Å². The van der Waals surface area contributed by atoms with Gasteiger partial charge < -0.3 is 19.3 Å². The van der Waals surface area contributed by atoms with Crippen LogP contribution >= 0.6 is 15.9 Å². The summed E-state index contributed by atoms with van der Waals surface area (Å²) in [5.41, 5.74) is 0. The molecule has 0 heterocycles. The summed E-state index contributed by atoms with van der Waals surface area (Å²) in [4.78, 5) is 29.8. The Morgan fingerprint density at radius 1 is 1.53 bits per heavy atom. The Balaban J connectivity index is 3.69. The fourth-order valence-electron chi connectivity index (χ4n) is 0.833. The largest absolute Gasteiger partial charge is 0.495 e. The molecule has 0 atom stereocenters. The molecule has 0 aromatic rings. The first-order valence-corrected chi connectivity index (χ1v) is 7.46. The van der Waals surface area contributed by atoms with E-state index in [9.17, 15) is 14.4 Å². The second-order valence-corrected chi connectivity index (χ2v) is 8.16. The molecule has 0 rings (SSSR count). The molecule has 15 heavy (non-hydrogen) atoms. The number of hydrogen-bond donors (Lipinski definition) is 3. The fourth-order valence-corrected chi connectivity index (χ4v) is 1.81. The summed E-state index contributed by atoms with van der Waals surface area (Å²) in [5, 5.41) is 2.68. The first-order valence-electron chi connectivity index (χ1n) is 4.66. The fraction of sp³-hybridized carbons (Fsp3) is 0.875. The summed E-state index contributed by atoms with van der Waals surface area (Å²) in [6.45, 7) is 3.90. The van der Waals surface area contributed by atoms with Gasteiger partial charge in [0.2, 0.25) is 5.91 Å². The van der Waals surface area contributed by atoms with E-state index >= 15 is 0 Å². The minimum atomic E-state index is -3.46. The standard InChI is InChI=1S/C8H18BrNO4Si/c1-8(2,9)7(11)10-5-4-6-15(12,13)14-3/h12-13H,4-6H2,1-3H3,(H,10,11). The van der Waals surface area contributed by atoms with E-state index < -0.39 is 13.1 Å². The third-order valence-corrected chi connectivity index (χ3v) is 3.85. The van der Waals surface area contributed by atoms with Crippen LogP contribution in [0.1, 0.15) is 20.3 Å². The molecule has 3 N–H and O–H groups in total. The molecule has 0 aromatic heterocycles. The van der Waals surface area contributed by atoms with E-state index in [1.807, 2.05) is 0 Å². The van der Waals surface area contributed by atoms with Gasteiger partial charge in [-0.15, -0.1) is 0 Å². The van der Waals surface area contributed by atoms with E-state index in [1.165, 1.54) is 7.11 Å². The topological polar surface area (TPSA) is 78.8 Å². The Morgan fingerprint density at radius 3 is 2.47 bits per heavy atom. The lowest BCUT2D eigenvalue weighted by atomic mass is 10.2. The molecule has 0 spiro atoms. The monoisotopic (exact) mass is 299 g/mol. The van der Waals surface area contributed by atoms with Gasteiger partial charge >= 0.3 is 8.80 Å². The Labute approximate surface area is 99.3 Å². The average Bonchev–Trinajstić information content (AvgIpc) is 2.10. The van der Waals surface area contributed by atoms with Gasteiger partial charge in [-0.05, 0) is 20.3 Å². The summed E-state index contributed by atoms with van der Waals surface area (Å²) in [6.07, 6.45) is 0.488. The molecule has 90 valence electrons. The number of hydrogen-bond acceptors (Lipinski definition) is 4. The molecule has 1 amide bonds. The molecule has 0 aliphatic carbocycles. The number of rotatable bonds is 6. The smallest absolute Gasteiger partial charge is 0.390 e. The number of carbonyl (C=O) groups is 1. The van der Waals surface area contributed by atoms with Crippen molar-refractivity contribution in [2.75, 3.05) is 13.7 Å². The van der Waals surface area contributed by atoms with Crippen LogP contribution in [0.4, 0.5) is 0 Å². The van der Waals surface area contributed by atoms with E-state index in [4.69, 9.17) is 0 Å². The van der Waals surface area contributed by atoms with E-state index in [0.29, 0.717) is 13.0 Å². The van der Waals surface area contributed by atoms with Crippen LogP contribution in [0.3, 0.4) is 0 Å². The van der Waals surface area contributed by atoms with Crippen molar-refractivity contribution in [3.05, 3.63) is 0 Å². The number of halogens is 1. The lowest BCUT2D eigenvalue weighted by molar-refractivity contribution is -0.122.